The molecule has 0 aliphatic heterocycles. The average molecular weight is 476 g/mol. The summed E-state index contributed by atoms with van der Waals surface area (Å²) in [5.41, 5.74) is 1.24. The normalized spacial score (nSPS) is 10.2. The molecule has 22 heavy (non-hydrogen) atoms. The third-order valence-corrected chi connectivity index (χ3v) is 4.39. The van der Waals surface area contributed by atoms with Crippen LogP contribution < -0.4 is 14.8 Å². The van der Waals surface area contributed by atoms with E-state index >= 15 is 0 Å². The van der Waals surface area contributed by atoms with Gasteiger partial charge >= 0.3 is 0 Å². The molecule has 0 fully saturated rings. The number of benzene rings is 2. The highest BCUT2D eigenvalue weighted by Crippen LogP contribution is 2.34. The van der Waals surface area contributed by atoms with Crippen LogP contribution in [0.25, 0.3) is 0 Å². The molecule has 0 aliphatic carbocycles. The number of hydrogen-bond acceptors (Lipinski definition) is 3. The maximum Gasteiger partial charge on any atom is 0.255 e. The quantitative estimate of drug-likeness (QED) is 0.637. The fourth-order valence-electron chi connectivity index (χ4n) is 1.92. The zero-order valence-corrected chi connectivity index (χ0v) is 15.9. The predicted molar refractivity (Wildman–Crippen MR) is 99.0 cm³/mol. The summed E-state index contributed by atoms with van der Waals surface area (Å²) < 4.78 is 12.5. The lowest BCUT2D eigenvalue weighted by molar-refractivity contribution is 0.102. The van der Waals surface area contributed by atoms with Crippen molar-refractivity contribution < 1.29 is 14.3 Å². The molecule has 0 spiro atoms. The molecule has 0 atom stereocenters. The molecule has 116 valence electrons. The van der Waals surface area contributed by atoms with Crippen LogP contribution in [-0.4, -0.2) is 19.6 Å². The zero-order valence-electron chi connectivity index (χ0n) is 12.2. The summed E-state index contributed by atoms with van der Waals surface area (Å²) in [5, 5.41) is 2.88. The van der Waals surface area contributed by atoms with Crippen LogP contribution in [0.15, 0.2) is 40.9 Å². The summed E-state index contributed by atoms with van der Waals surface area (Å²) in [6.07, 6.45) is 0. The Morgan fingerprint density at radius 3 is 2.68 bits per heavy atom. The van der Waals surface area contributed by atoms with Gasteiger partial charge in [-0.25, -0.2) is 0 Å². The predicted octanol–water partition coefficient (Wildman–Crippen LogP) is 4.71. The van der Waals surface area contributed by atoms with Crippen LogP contribution in [0.2, 0.25) is 0 Å². The van der Waals surface area contributed by atoms with Crippen molar-refractivity contribution in [3.05, 3.63) is 50.0 Å². The van der Waals surface area contributed by atoms with Gasteiger partial charge in [0.25, 0.3) is 5.91 Å². The van der Waals surface area contributed by atoms with Crippen LogP contribution in [-0.2, 0) is 0 Å². The lowest BCUT2D eigenvalue weighted by Gasteiger charge is -2.13. The van der Waals surface area contributed by atoms with Crippen molar-refractivity contribution in [3.8, 4) is 11.5 Å². The van der Waals surface area contributed by atoms with E-state index in [1.807, 2.05) is 31.2 Å². The minimum Gasteiger partial charge on any atom is -0.492 e. The van der Waals surface area contributed by atoms with Crippen molar-refractivity contribution in [2.24, 2.45) is 0 Å². The standard InChI is InChI=1S/C16H15BrINO3/c1-3-22-14-9-10(8-12(18)15(14)21-2)16(20)19-13-7-5-4-6-11(13)17/h4-9H,3H2,1-2H3,(H,19,20). The lowest BCUT2D eigenvalue weighted by Crippen LogP contribution is -2.13. The van der Waals surface area contributed by atoms with E-state index in [9.17, 15) is 4.79 Å². The van der Waals surface area contributed by atoms with Gasteiger partial charge in [0, 0.05) is 10.0 Å². The summed E-state index contributed by atoms with van der Waals surface area (Å²) in [5.74, 6) is 1.00. The number of amides is 1. The van der Waals surface area contributed by atoms with Crippen molar-refractivity contribution in [1.82, 2.24) is 0 Å². The third-order valence-electron chi connectivity index (χ3n) is 2.90. The molecule has 0 heterocycles. The molecule has 2 aromatic rings. The van der Waals surface area contributed by atoms with Crippen molar-refractivity contribution in [3.63, 3.8) is 0 Å². The van der Waals surface area contributed by atoms with Crippen LogP contribution in [0.4, 0.5) is 5.69 Å². The first-order valence-electron chi connectivity index (χ1n) is 6.63. The van der Waals surface area contributed by atoms with Crippen molar-refractivity contribution in [1.29, 1.82) is 0 Å². The highest BCUT2D eigenvalue weighted by molar-refractivity contribution is 14.1. The number of rotatable bonds is 5. The number of carbonyl (C=O) groups excluding carboxylic acids is 1. The second-order valence-corrected chi connectivity index (χ2v) is 6.37. The molecule has 4 nitrogen and oxygen atoms in total. The SMILES string of the molecule is CCOc1cc(C(=O)Nc2ccccc2Br)cc(I)c1OC. The average Bonchev–Trinajstić information content (AvgIpc) is 2.49. The van der Waals surface area contributed by atoms with Crippen LogP contribution >= 0.6 is 38.5 Å². The number of methoxy groups -OCH3 is 1. The Kier molecular flexibility index (Phi) is 6.07. The number of halogens is 2. The van der Waals surface area contributed by atoms with Gasteiger partial charge in [-0.3, -0.25) is 4.79 Å². The van der Waals surface area contributed by atoms with E-state index in [0.717, 1.165) is 13.7 Å². The van der Waals surface area contributed by atoms with Crippen LogP contribution in [0.5, 0.6) is 11.5 Å². The Hall–Kier alpha value is -1.28. The maximum atomic E-state index is 12.4. The van der Waals surface area contributed by atoms with E-state index in [0.29, 0.717) is 23.7 Å². The Morgan fingerprint density at radius 1 is 1.32 bits per heavy atom. The smallest absolute Gasteiger partial charge is 0.255 e. The molecule has 0 aliphatic rings. The molecule has 1 amide bonds. The molecule has 0 saturated heterocycles. The number of ether oxygens (including phenoxy) is 2. The fraction of sp³-hybridized carbons (Fsp3) is 0.188. The van der Waals surface area contributed by atoms with Crippen molar-refractivity contribution in [2.45, 2.75) is 6.92 Å². The van der Waals surface area contributed by atoms with E-state index < -0.39 is 0 Å². The topological polar surface area (TPSA) is 47.6 Å². The van der Waals surface area contributed by atoms with E-state index in [2.05, 4.69) is 43.8 Å². The molecule has 0 aromatic heterocycles. The summed E-state index contributed by atoms with van der Waals surface area (Å²) in [6, 6.07) is 10.9. The van der Waals surface area contributed by atoms with Gasteiger partial charge < -0.3 is 14.8 Å². The van der Waals surface area contributed by atoms with Gasteiger partial charge in [0.15, 0.2) is 11.5 Å². The van der Waals surface area contributed by atoms with Crippen LogP contribution in [0.3, 0.4) is 0 Å². The maximum absolute atomic E-state index is 12.4. The lowest BCUT2D eigenvalue weighted by atomic mass is 10.2. The number of hydrogen-bond donors (Lipinski definition) is 1. The van der Waals surface area contributed by atoms with Crippen LogP contribution in [0, 0.1) is 3.57 Å². The monoisotopic (exact) mass is 475 g/mol. The second kappa shape index (κ2) is 7.82. The van der Waals surface area contributed by atoms with Gasteiger partial charge in [-0.2, -0.15) is 0 Å². The summed E-state index contributed by atoms with van der Waals surface area (Å²) in [7, 11) is 1.58. The first-order valence-corrected chi connectivity index (χ1v) is 8.50. The highest BCUT2D eigenvalue weighted by atomic mass is 127. The van der Waals surface area contributed by atoms with E-state index in [4.69, 9.17) is 9.47 Å². The first kappa shape index (κ1) is 17.1. The summed E-state index contributed by atoms with van der Waals surface area (Å²) >= 11 is 5.54. The Bertz CT molecular complexity index is 691. The molecule has 6 heteroatoms. The van der Waals surface area contributed by atoms with Crippen LogP contribution in [0.1, 0.15) is 17.3 Å². The number of nitrogens with one attached hydrogen (secondary N) is 1. The van der Waals surface area contributed by atoms with Gasteiger partial charge in [-0.1, -0.05) is 12.1 Å². The molecule has 2 aromatic carbocycles. The molecular weight excluding hydrogens is 461 g/mol. The molecule has 0 unspecified atom stereocenters. The molecule has 0 bridgehead atoms. The first-order chi connectivity index (χ1) is 10.6. The van der Waals surface area contributed by atoms with Gasteiger partial charge in [0.05, 0.1) is 23.0 Å². The van der Waals surface area contributed by atoms with E-state index in [-0.39, 0.29) is 5.91 Å². The van der Waals surface area contributed by atoms with Gasteiger partial charge in [-0.15, -0.1) is 0 Å². The number of para-hydroxylation sites is 1. The van der Waals surface area contributed by atoms with E-state index in [1.165, 1.54) is 0 Å². The molecular formula is C16H15BrINO3. The number of anilines is 1. The summed E-state index contributed by atoms with van der Waals surface area (Å²) in [6.45, 7) is 2.39. The minimum atomic E-state index is -0.201. The minimum absolute atomic E-state index is 0.201. The largest absolute Gasteiger partial charge is 0.492 e. The fourth-order valence-corrected chi connectivity index (χ4v) is 3.12. The Morgan fingerprint density at radius 2 is 2.05 bits per heavy atom. The van der Waals surface area contributed by atoms with Crippen molar-refractivity contribution >= 4 is 50.1 Å². The summed E-state index contributed by atoms with van der Waals surface area (Å²) in [4.78, 5) is 12.4. The van der Waals surface area contributed by atoms with Gasteiger partial charge in [-0.05, 0) is 69.7 Å². The molecule has 0 saturated carbocycles. The zero-order chi connectivity index (χ0) is 16.1. The third kappa shape index (κ3) is 3.92. The van der Waals surface area contributed by atoms with E-state index in [1.54, 1.807) is 19.2 Å². The number of carbonyl (C=O) groups is 1. The highest BCUT2D eigenvalue weighted by Gasteiger charge is 2.16. The van der Waals surface area contributed by atoms with Crippen molar-refractivity contribution in [2.75, 3.05) is 19.0 Å². The van der Waals surface area contributed by atoms with Gasteiger partial charge in [0.2, 0.25) is 0 Å². The molecule has 2 rings (SSSR count). The second-order valence-electron chi connectivity index (χ2n) is 4.36. The Balaban J connectivity index is 2.32. The Labute approximate surface area is 151 Å². The molecule has 0 radical (unpaired) electrons. The van der Waals surface area contributed by atoms with Gasteiger partial charge in [0.1, 0.15) is 0 Å². The molecule has 1 N–H and O–H groups in total.